The van der Waals surface area contributed by atoms with Crippen LogP contribution in [0.3, 0.4) is 0 Å². The molecule has 0 aliphatic carbocycles. The summed E-state index contributed by atoms with van der Waals surface area (Å²) >= 11 is 0. The van der Waals surface area contributed by atoms with Gasteiger partial charge in [-0.3, -0.25) is 9.69 Å². The van der Waals surface area contributed by atoms with Gasteiger partial charge in [-0.2, -0.15) is 0 Å². The standard InChI is InChI=1S/C13H25N3O2/c1-11(2)18-10-13(17)16-7-5-15(6-8-16)12-3-4-14-9-12/h11-12,14H,3-10H2,1-2H3. The fourth-order valence-corrected chi connectivity index (χ4v) is 2.62. The molecule has 104 valence electrons. The highest BCUT2D eigenvalue weighted by molar-refractivity contribution is 5.77. The number of hydrogen-bond acceptors (Lipinski definition) is 4. The van der Waals surface area contributed by atoms with Crippen molar-refractivity contribution in [3.63, 3.8) is 0 Å². The van der Waals surface area contributed by atoms with Crippen LogP contribution in [0.1, 0.15) is 20.3 Å². The van der Waals surface area contributed by atoms with Gasteiger partial charge in [-0.25, -0.2) is 0 Å². The minimum absolute atomic E-state index is 0.125. The number of ether oxygens (including phenoxy) is 1. The number of piperazine rings is 1. The second kappa shape index (κ2) is 6.50. The lowest BCUT2D eigenvalue weighted by Gasteiger charge is -2.37. The highest BCUT2D eigenvalue weighted by atomic mass is 16.5. The van der Waals surface area contributed by atoms with E-state index < -0.39 is 0 Å². The third-order valence-electron chi connectivity index (χ3n) is 3.76. The number of nitrogens with one attached hydrogen (secondary N) is 1. The van der Waals surface area contributed by atoms with Crippen LogP contribution in [0.5, 0.6) is 0 Å². The zero-order chi connectivity index (χ0) is 13.0. The van der Waals surface area contributed by atoms with Crippen molar-refractivity contribution in [1.82, 2.24) is 15.1 Å². The van der Waals surface area contributed by atoms with Gasteiger partial charge in [-0.15, -0.1) is 0 Å². The summed E-state index contributed by atoms with van der Waals surface area (Å²) in [6.07, 6.45) is 1.37. The third-order valence-corrected chi connectivity index (χ3v) is 3.76. The lowest BCUT2D eigenvalue weighted by molar-refractivity contribution is -0.139. The van der Waals surface area contributed by atoms with E-state index in [4.69, 9.17) is 4.74 Å². The van der Waals surface area contributed by atoms with Crippen molar-refractivity contribution in [3.8, 4) is 0 Å². The second-order valence-electron chi connectivity index (χ2n) is 5.42. The summed E-state index contributed by atoms with van der Waals surface area (Å²) in [5.74, 6) is 0.132. The molecular formula is C13H25N3O2. The van der Waals surface area contributed by atoms with Gasteiger partial charge in [0.25, 0.3) is 0 Å². The monoisotopic (exact) mass is 255 g/mol. The van der Waals surface area contributed by atoms with Gasteiger partial charge < -0.3 is 15.0 Å². The quantitative estimate of drug-likeness (QED) is 0.763. The van der Waals surface area contributed by atoms with Gasteiger partial charge in [0, 0.05) is 38.8 Å². The molecule has 2 rings (SSSR count). The molecule has 1 N–H and O–H groups in total. The molecule has 2 aliphatic rings. The van der Waals surface area contributed by atoms with Gasteiger partial charge >= 0.3 is 0 Å². The van der Waals surface area contributed by atoms with E-state index in [1.165, 1.54) is 6.42 Å². The Kier molecular flexibility index (Phi) is 4.97. The van der Waals surface area contributed by atoms with Crippen LogP contribution in [-0.4, -0.2) is 73.7 Å². The van der Waals surface area contributed by atoms with Crippen molar-refractivity contribution in [2.45, 2.75) is 32.4 Å². The molecule has 0 aromatic carbocycles. The predicted octanol–water partition coefficient (Wildman–Crippen LogP) is -0.0825. The normalized spacial score (nSPS) is 25.9. The predicted molar refractivity (Wildman–Crippen MR) is 70.5 cm³/mol. The van der Waals surface area contributed by atoms with Crippen LogP contribution in [0.2, 0.25) is 0 Å². The summed E-state index contributed by atoms with van der Waals surface area (Å²) in [5, 5.41) is 3.39. The Bertz CT molecular complexity index is 269. The van der Waals surface area contributed by atoms with E-state index in [-0.39, 0.29) is 18.6 Å². The van der Waals surface area contributed by atoms with Crippen molar-refractivity contribution in [2.24, 2.45) is 0 Å². The molecule has 2 aliphatic heterocycles. The van der Waals surface area contributed by atoms with Crippen molar-refractivity contribution >= 4 is 5.91 Å². The van der Waals surface area contributed by atoms with Crippen LogP contribution in [0.4, 0.5) is 0 Å². The molecule has 18 heavy (non-hydrogen) atoms. The first-order valence-electron chi connectivity index (χ1n) is 7.01. The van der Waals surface area contributed by atoms with Crippen LogP contribution < -0.4 is 5.32 Å². The van der Waals surface area contributed by atoms with E-state index in [0.717, 1.165) is 39.3 Å². The van der Waals surface area contributed by atoms with Crippen LogP contribution in [0.25, 0.3) is 0 Å². The molecule has 2 fully saturated rings. The van der Waals surface area contributed by atoms with Crippen LogP contribution >= 0.6 is 0 Å². The SMILES string of the molecule is CC(C)OCC(=O)N1CCN(C2CCNC2)CC1. The highest BCUT2D eigenvalue weighted by Gasteiger charge is 2.27. The van der Waals surface area contributed by atoms with E-state index in [1.54, 1.807) is 0 Å². The average molecular weight is 255 g/mol. The number of carbonyl (C=O) groups excluding carboxylic acids is 1. The lowest BCUT2D eigenvalue weighted by atomic mass is 10.2. The molecule has 0 aromatic rings. The Morgan fingerprint density at radius 2 is 2.06 bits per heavy atom. The first kappa shape index (κ1) is 13.8. The van der Waals surface area contributed by atoms with Gasteiger partial charge in [-0.1, -0.05) is 0 Å². The lowest BCUT2D eigenvalue weighted by Crippen LogP contribution is -2.53. The zero-order valence-corrected chi connectivity index (χ0v) is 11.5. The molecule has 0 spiro atoms. The number of carbonyl (C=O) groups is 1. The van der Waals surface area contributed by atoms with Gasteiger partial charge in [0.05, 0.1) is 6.10 Å². The van der Waals surface area contributed by atoms with E-state index >= 15 is 0 Å². The molecule has 5 heteroatoms. The van der Waals surface area contributed by atoms with E-state index in [1.807, 2.05) is 18.7 Å². The fraction of sp³-hybridized carbons (Fsp3) is 0.923. The maximum atomic E-state index is 11.9. The molecule has 5 nitrogen and oxygen atoms in total. The average Bonchev–Trinajstić information content (AvgIpc) is 2.90. The first-order chi connectivity index (χ1) is 8.66. The highest BCUT2D eigenvalue weighted by Crippen LogP contribution is 2.12. The Labute approximate surface area is 109 Å². The van der Waals surface area contributed by atoms with Crippen LogP contribution in [-0.2, 0) is 9.53 Å². The van der Waals surface area contributed by atoms with Gasteiger partial charge in [-0.05, 0) is 26.8 Å². The molecule has 2 heterocycles. The Balaban J connectivity index is 1.70. The van der Waals surface area contributed by atoms with Gasteiger partial charge in [0.15, 0.2) is 0 Å². The summed E-state index contributed by atoms with van der Waals surface area (Å²) in [6, 6.07) is 0.675. The Hall–Kier alpha value is -0.650. The van der Waals surface area contributed by atoms with Gasteiger partial charge in [0.1, 0.15) is 6.61 Å². The fourth-order valence-electron chi connectivity index (χ4n) is 2.62. The zero-order valence-electron chi connectivity index (χ0n) is 11.5. The topological polar surface area (TPSA) is 44.8 Å². The first-order valence-corrected chi connectivity index (χ1v) is 7.01. The number of hydrogen-bond donors (Lipinski definition) is 1. The van der Waals surface area contributed by atoms with Crippen molar-refractivity contribution in [2.75, 3.05) is 45.9 Å². The summed E-state index contributed by atoms with van der Waals surface area (Å²) in [7, 11) is 0. The maximum Gasteiger partial charge on any atom is 0.248 e. The van der Waals surface area contributed by atoms with Crippen molar-refractivity contribution in [3.05, 3.63) is 0 Å². The molecule has 1 unspecified atom stereocenters. The van der Waals surface area contributed by atoms with Crippen molar-refractivity contribution in [1.29, 1.82) is 0 Å². The molecule has 2 saturated heterocycles. The molecular weight excluding hydrogens is 230 g/mol. The number of amides is 1. The minimum Gasteiger partial charge on any atom is -0.369 e. The maximum absolute atomic E-state index is 11.9. The summed E-state index contributed by atoms with van der Waals surface area (Å²) in [4.78, 5) is 16.3. The minimum atomic E-state index is 0.125. The molecule has 0 saturated carbocycles. The third kappa shape index (κ3) is 3.67. The summed E-state index contributed by atoms with van der Waals surface area (Å²) < 4.78 is 5.37. The smallest absolute Gasteiger partial charge is 0.248 e. The van der Waals surface area contributed by atoms with E-state index in [2.05, 4.69) is 10.2 Å². The molecule has 1 amide bonds. The Morgan fingerprint density at radius 1 is 1.33 bits per heavy atom. The second-order valence-corrected chi connectivity index (χ2v) is 5.42. The van der Waals surface area contributed by atoms with Crippen LogP contribution in [0.15, 0.2) is 0 Å². The Morgan fingerprint density at radius 3 is 2.61 bits per heavy atom. The van der Waals surface area contributed by atoms with Gasteiger partial charge in [0.2, 0.25) is 5.91 Å². The number of rotatable bonds is 4. The molecule has 0 aromatic heterocycles. The summed E-state index contributed by atoms with van der Waals surface area (Å²) in [6.45, 7) is 10.1. The number of nitrogens with zero attached hydrogens (tertiary/aromatic N) is 2. The molecule has 0 bridgehead atoms. The van der Waals surface area contributed by atoms with E-state index in [0.29, 0.717) is 6.04 Å². The van der Waals surface area contributed by atoms with Crippen molar-refractivity contribution < 1.29 is 9.53 Å². The summed E-state index contributed by atoms with van der Waals surface area (Å²) in [5.41, 5.74) is 0. The van der Waals surface area contributed by atoms with E-state index in [9.17, 15) is 4.79 Å². The molecule has 1 atom stereocenters. The molecule has 0 radical (unpaired) electrons. The largest absolute Gasteiger partial charge is 0.369 e. The van der Waals surface area contributed by atoms with Crippen LogP contribution in [0, 0.1) is 0 Å².